The van der Waals surface area contributed by atoms with Crippen molar-refractivity contribution < 1.29 is 4.92 Å². The van der Waals surface area contributed by atoms with E-state index in [1.165, 1.54) is 6.07 Å². The van der Waals surface area contributed by atoms with Crippen LogP contribution in [0.1, 0.15) is 56.7 Å². The van der Waals surface area contributed by atoms with Crippen LogP contribution in [0.3, 0.4) is 0 Å². The molecule has 1 N–H and O–H groups in total. The van der Waals surface area contributed by atoms with Crippen LogP contribution in [0.5, 0.6) is 0 Å². The number of tetrazole rings is 1. The number of nitro groups is 1. The molecule has 4 aromatic rings. The second-order valence-electron chi connectivity index (χ2n) is 7.90. The van der Waals surface area contributed by atoms with Gasteiger partial charge in [0.25, 0.3) is 5.69 Å². The SMILES string of the molecule is CCCCc1nc(CCCC)n(Cc2ccc(-n3ccc([N+](=O)[O-])c3-c3nnn[nH]3)cc2)n1. The van der Waals surface area contributed by atoms with Crippen LogP contribution < -0.4 is 0 Å². The van der Waals surface area contributed by atoms with Gasteiger partial charge in [-0.25, -0.2) is 14.8 Å². The summed E-state index contributed by atoms with van der Waals surface area (Å²) in [6.45, 7) is 4.97. The molecule has 0 saturated carbocycles. The molecule has 0 aliphatic heterocycles. The molecule has 0 unspecified atom stereocenters. The van der Waals surface area contributed by atoms with E-state index in [9.17, 15) is 10.1 Å². The maximum Gasteiger partial charge on any atom is 0.298 e. The fraction of sp³-hybridized carbons (Fsp3) is 0.409. The summed E-state index contributed by atoms with van der Waals surface area (Å²) < 4.78 is 3.71. The van der Waals surface area contributed by atoms with Crippen molar-refractivity contribution in [2.45, 2.75) is 58.9 Å². The summed E-state index contributed by atoms with van der Waals surface area (Å²) >= 11 is 0. The molecule has 172 valence electrons. The highest BCUT2D eigenvalue weighted by atomic mass is 16.6. The smallest absolute Gasteiger partial charge is 0.298 e. The number of unbranched alkanes of at least 4 members (excludes halogenated alkanes) is 2. The van der Waals surface area contributed by atoms with E-state index in [0.29, 0.717) is 12.2 Å². The zero-order valence-electron chi connectivity index (χ0n) is 18.8. The molecule has 0 saturated heterocycles. The summed E-state index contributed by atoms with van der Waals surface area (Å²) in [5, 5.41) is 29.8. The van der Waals surface area contributed by atoms with Gasteiger partial charge < -0.3 is 4.57 Å². The molecule has 1 aromatic carbocycles. The van der Waals surface area contributed by atoms with Crippen LogP contribution in [-0.2, 0) is 19.4 Å². The van der Waals surface area contributed by atoms with E-state index >= 15 is 0 Å². The Morgan fingerprint density at radius 1 is 1.06 bits per heavy atom. The first-order valence-corrected chi connectivity index (χ1v) is 11.2. The number of nitrogens with one attached hydrogen (secondary N) is 1. The van der Waals surface area contributed by atoms with Crippen molar-refractivity contribution in [3.05, 3.63) is 63.9 Å². The van der Waals surface area contributed by atoms with E-state index in [4.69, 9.17) is 10.1 Å². The Morgan fingerprint density at radius 2 is 1.82 bits per heavy atom. The largest absolute Gasteiger partial charge is 0.308 e. The van der Waals surface area contributed by atoms with Gasteiger partial charge in [0.2, 0.25) is 5.82 Å². The Morgan fingerprint density at radius 3 is 2.48 bits per heavy atom. The van der Waals surface area contributed by atoms with E-state index < -0.39 is 4.92 Å². The van der Waals surface area contributed by atoms with Crippen molar-refractivity contribution in [1.82, 2.24) is 40.0 Å². The molecule has 4 rings (SSSR count). The van der Waals surface area contributed by atoms with Gasteiger partial charge in [0.05, 0.1) is 11.5 Å². The van der Waals surface area contributed by atoms with Gasteiger partial charge in [-0.1, -0.05) is 38.8 Å². The molecule has 0 bridgehead atoms. The van der Waals surface area contributed by atoms with Crippen molar-refractivity contribution in [2.75, 3.05) is 0 Å². The summed E-state index contributed by atoms with van der Waals surface area (Å²) in [5.74, 6) is 2.16. The lowest BCUT2D eigenvalue weighted by Crippen LogP contribution is -2.07. The molecule has 0 fully saturated rings. The van der Waals surface area contributed by atoms with Crippen LogP contribution in [-0.4, -0.2) is 44.9 Å². The molecule has 33 heavy (non-hydrogen) atoms. The highest BCUT2D eigenvalue weighted by Gasteiger charge is 2.24. The summed E-state index contributed by atoms with van der Waals surface area (Å²) in [6.07, 6.45) is 7.84. The van der Waals surface area contributed by atoms with E-state index in [-0.39, 0.29) is 11.5 Å². The van der Waals surface area contributed by atoms with Crippen LogP contribution in [0.25, 0.3) is 17.2 Å². The van der Waals surface area contributed by atoms with Crippen molar-refractivity contribution in [3.63, 3.8) is 0 Å². The van der Waals surface area contributed by atoms with Gasteiger partial charge in [0.15, 0.2) is 11.5 Å². The predicted octanol–water partition coefficient (Wildman–Crippen LogP) is 3.89. The van der Waals surface area contributed by atoms with Crippen molar-refractivity contribution in [2.24, 2.45) is 0 Å². The van der Waals surface area contributed by atoms with Crippen LogP contribution >= 0.6 is 0 Å². The Kier molecular flexibility index (Phi) is 6.86. The number of rotatable bonds is 11. The summed E-state index contributed by atoms with van der Waals surface area (Å²) in [5.41, 5.74) is 2.08. The van der Waals surface area contributed by atoms with Gasteiger partial charge >= 0.3 is 0 Å². The Bertz CT molecular complexity index is 1190. The minimum atomic E-state index is -0.443. The number of aryl methyl sites for hydroxylation is 2. The first-order valence-electron chi connectivity index (χ1n) is 11.2. The zero-order chi connectivity index (χ0) is 23.2. The molecule has 3 aromatic heterocycles. The quantitative estimate of drug-likeness (QED) is 0.271. The van der Waals surface area contributed by atoms with Crippen LogP contribution in [0, 0.1) is 10.1 Å². The van der Waals surface area contributed by atoms with Gasteiger partial charge in [0.1, 0.15) is 5.82 Å². The fourth-order valence-corrected chi connectivity index (χ4v) is 3.73. The monoisotopic (exact) mass is 449 g/mol. The molecular weight excluding hydrogens is 422 g/mol. The molecular formula is C22H27N9O2. The number of hydrogen-bond acceptors (Lipinski definition) is 7. The second kappa shape index (κ2) is 10.2. The highest BCUT2D eigenvalue weighted by Crippen LogP contribution is 2.31. The molecule has 0 atom stereocenters. The zero-order valence-corrected chi connectivity index (χ0v) is 18.8. The summed E-state index contributed by atoms with van der Waals surface area (Å²) in [4.78, 5) is 15.8. The van der Waals surface area contributed by atoms with Gasteiger partial charge in [0, 0.05) is 30.8 Å². The lowest BCUT2D eigenvalue weighted by atomic mass is 10.2. The topological polar surface area (TPSA) is 133 Å². The summed E-state index contributed by atoms with van der Waals surface area (Å²) in [6, 6.07) is 9.29. The average molecular weight is 450 g/mol. The van der Waals surface area contributed by atoms with Crippen LogP contribution in [0.15, 0.2) is 36.5 Å². The van der Waals surface area contributed by atoms with Crippen LogP contribution in [0.2, 0.25) is 0 Å². The maximum atomic E-state index is 11.5. The van der Waals surface area contributed by atoms with E-state index in [1.807, 2.05) is 28.9 Å². The first-order chi connectivity index (χ1) is 16.1. The van der Waals surface area contributed by atoms with Crippen molar-refractivity contribution in [1.29, 1.82) is 0 Å². The normalized spacial score (nSPS) is 11.2. The number of nitrogens with zero attached hydrogens (tertiary/aromatic N) is 8. The van der Waals surface area contributed by atoms with Crippen molar-refractivity contribution >= 4 is 5.69 Å². The Labute approximate surface area is 191 Å². The molecule has 11 nitrogen and oxygen atoms in total. The lowest BCUT2D eigenvalue weighted by molar-refractivity contribution is -0.384. The Balaban J connectivity index is 1.59. The van der Waals surface area contributed by atoms with Crippen molar-refractivity contribution in [3.8, 4) is 17.2 Å². The molecule has 0 aliphatic rings. The van der Waals surface area contributed by atoms with E-state index in [0.717, 1.165) is 61.4 Å². The molecule has 3 heterocycles. The standard InChI is InChI=1S/C22H27N9O2/c1-3-5-7-19-23-20(8-6-4-2)30(26-19)15-16-9-11-17(12-10-16)29-14-13-18(31(32)33)21(29)22-24-27-28-25-22/h9-14H,3-8,15H2,1-2H3,(H,24,25,27,28). The molecule has 0 spiro atoms. The third-order valence-electron chi connectivity index (χ3n) is 5.48. The highest BCUT2D eigenvalue weighted by molar-refractivity contribution is 5.67. The van der Waals surface area contributed by atoms with E-state index in [1.54, 1.807) is 10.8 Å². The number of benzene rings is 1. The lowest BCUT2D eigenvalue weighted by Gasteiger charge is -2.09. The number of H-pyrrole nitrogens is 1. The van der Waals surface area contributed by atoms with E-state index in [2.05, 4.69) is 34.5 Å². The van der Waals surface area contributed by atoms with Gasteiger partial charge in [-0.2, -0.15) is 5.10 Å². The third-order valence-corrected chi connectivity index (χ3v) is 5.48. The fourth-order valence-electron chi connectivity index (χ4n) is 3.73. The predicted molar refractivity (Wildman–Crippen MR) is 122 cm³/mol. The van der Waals surface area contributed by atoms with Gasteiger partial charge in [-0.05, 0) is 41.0 Å². The molecule has 0 aliphatic carbocycles. The molecule has 11 heteroatoms. The number of aromatic nitrogens is 8. The second-order valence-corrected chi connectivity index (χ2v) is 7.90. The van der Waals surface area contributed by atoms with Gasteiger partial charge in [-0.3, -0.25) is 10.1 Å². The van der Waals surface area contributed by atoms with Gasteiger partial charge in [-0.15, -0.1) is 5.10 Å². The Hall–Kier alpha value is -3.89. The minimum absolute atomic E-state index is 0.0691. The number of hydrogen-bond donors (Lipinski definition) is 1. The van der Waals surface area contributed by atoms with Crippen LogP contribution in [0.4, 0.5) is 5.69 Å². The molecule has 0 amide bonds. The molecule has 0 radical (unpaired) electrons. The minimum Gasteiger partial charge on any atom is -0.308 e. The maximum absolute atomic E-state index is 11.5. The summed E-state index contributed by atoms with van der Waals surface area (Å²) in [7, 11) is 0. The first kappa shape index (κ1) is 22.3. The third kappa shape index (κ3) is 4.97. The average Bonchev–Trinajstić information content (AvgIpc) is 3.56. The number of aromatic amines is 1.